The van der Waals surface area contributed by atoms with Crippen LogP contribution in [-0.2, 0) is 11.2 Å². The van der Waals surface area contributed by atoms with E-state index < -0.39 is 28.9 Å². The first kappa shape index (κ1) is 20.2. The lowest BCUT2D eigenvalue weighted by Gasteiger charge is -2.10. The van der Waals surface area contributed by atoms with Gasteiger partial charge in [-0.25, -0.2) is 0 Å². The van der Waals surface area contributed by atoms with Crippen molar-refractivity contribution in [2.24, 2.45) is 0 Å². The Bertz CT molecular complexity index is 872. The number of alkyl halides is 2. The lowest BCUT2D eigenvalue weighted by Crippen LogP contribution is -2.07. The summed E-state index contributed by atoms with van der Waals surface area (Å²) in [6.07, 6.45) is 2.87. The summed E-state index contributed by atoms with van der Waals surface area (Å²) in [5.74, 6) is -1.21. The first-order chi connectivity index (χ1) is 12.8. The number of anilines is 1. The number of hydrogen-bond acceptors (Lipinski definition) is 8. The number of carbonyl (C=O) groups excluding carboxylic acids is 1. The van der Waals surface area contributed by atoms with Gasteiger partial charge in [0.2, 0.25) is 11.0 Å². The van der Waals surface area contributed by atoms with Crippen LogP contribution >= 0.6 is 11.3 Å². The van der Waals surface area contributed by atoms with Gasteiger partial charge in [-0.2, -0.15) is 8.78 Å². The molecule has 0 atom stereocenters. The minimum Gasteiger partial charge on any atom is -0.493 e. The third-order valence-electron chi connectivity index (χ3n) is 3.14. The van der Waals surface area contributed by atoms with Crippen LogP contribution in [0, 0.1) is 10.1 Å². The maximum atomic E-state index is 12.4. The van der Waals surface area contributed by atoms with E-state index >= 15 is 0 Å². The van der Waals surface area contributed by atoms with Crippen molar-refractivity contribution in [2.45, 2.75) is 20.0 Å². The number of aryl methyl sites for hydroxylation is 1. The third kappa shape index (κ3) is 5.41. The molecule has 1 heterocycles. The minimum atomic E-state index is -3.18. The predicted octanol–water partition coefficient (Wildman–Crippen LogP) is 3.27. The Morgan fingerprint density at radius 3 is 2.70 bits per heavy atom. The molecule has 0 saturated heterocycles. The van der Waals surface area contributed by atoms with Gasteiger partial charge in [-0.3, -0.25) is 20.2 Å². The lowest BCUT2D eigenvalue weighted by molar-refractivity contribution is -0.385. The SMILES string of the molecule is CCc1nnc(NC(=O)/C=C/c2cc(OC)c(OC(F)F)cc2[N+](=O)[O-])s1. The zero-order valence-electron chi connectivity index (χ0n) is 14.1. The van der Waals surface area contributed by atoms with Crippen LogP contribution in [0.15, 0.2) is 18.2 Å². The Balaban J connectivity index is 2.26. The van der Waals surface area contributed by atoms with Gasteiger partial charge >= 0.3 is 6.61 Å². The van der Waals surface area contributed by atoms with Gasteiger partial charge in [-0.1, -0.05) is 18.3 Å². The Hall–Kier alpha value is -3.15. The summed E-state index contributed by atoms with van der Waals surface area (Å²) in [5, 5.41) is 22.3. The van der Waals surface area contributed by atoms with Crippen molar-refractivity contribution in [2.75, 3.05) is 12.4 Å². The van der Waals surface area contributed by atoms with Gasteiger partial charge < -0.3 is 9.47 Å². The first-order valence-electron chi connectivity index (χ1n) is 7.46. The fraction of sp³-hybridized carbons (Fsp3) is 0.267. The number of ether oxygens (including phenoxy) is 2. The molecule has 0 bridgehead atoms. The van der Waals surface area contributed by atoms with Gasteiger partial charge in [0.15, 0.2) is 11.5 Å². The fourth-order valence-electron chi connectivity index (χ4n) is 1.96. The Morgan fingerprint density at radius 2 is 2.15 bits per heavy atom. The van der Waals surface area contributed by atoms with E-state index in [2.05, 4.69) is 20.3 Å². The van der Waals surface area contributed by atoms with Gasteiger partial charge in [-0.15, -0.1) is 10.2 Å². The first-order valence-corrected chi connectivity index (χ1v) is 8.28. The summed E-state index contributed by atoms with van der Waals surface area (Å²) in [5.41, 5.74) is -0.556. The molecule has 2 rings (SSSR count). The molecule has 2 aromatic rings. The molecule has 27 heavy (non-hydrogen) atoms. The van der Waals surface area contributed by atoms with E-state index in [9.17, 15) is 23.7 Å². The van der Waals surface area contributed by atoms with Crippen LogP contribution in [0.3, 0.4) is 0 Å². The number of nitrogens with one attached hydrogen (secondary N) is 1. The molecule has 0 spiro atoms. The molecule has 0 aliphatic rings. The van der Waals surface area contributed by atoms with Crippen molar-refractivity contribution in [3.63, 3.8) is 0 Å². The summed E-state index contributed by atoms with van der Waals surface area (Å²) >= 11 is 1.20. The van der Waals surface area contributed by atoms with E-state index in [1.54, 1.807) is 0 Å². The second-order valence-electron chi connectivity index (χ2n) is 4.87. The van der Waals surface area contributed by atoms with Gasteiger partial charge in [0.25, 0.3) is 5.69 Å². The van der Waals surface area contributed by atoms with Crippen molar-refractivity contribution in [3.8, 4) is 11.5 Å². The smallest absolute Gasteiger partial charge is 0.387 e. The standard InChI is InChI=1S/C15H14F2N4O5S/c1-3-13-19-20-15(27-13)18-12(22)5-4-8-6-10(25-2)11(26-14(16)17)7-9(8)21(23)24/h4-7,14H,3H2,1-2H3,(H,18,20,22)/b5-4+. The molecule has 0 fully saturated rings. The summed E-state index contributed by atoms with van der Waals surface area (Å²) in [4.78, 5) is 22.4. The number of benzene rings is 1. The second kappa shape index (κ2) is 8.98. The average molecular weight is 400 g/mol. The Kier molecular flexibility index (Phi) is 6.71. The molecule has 1 N–H and O–H groups in total. The van der Waals surface area contributed by atoms with Crippen LogP contribution < -0.4 is 14.8 Å². The van der Waals surface area contributed by atoms with E-state index in [1.807, 2.05) is 6.92 Å². The fourth-order valence-corrected chi connectivity index (χ4v) is 2.65. The molecule has 0 radical (unpaired) electrons. The van der Waals surface area contributed by atoms with Crippen LogP contribution in [0.2, 0.25) is 0 Å². The molecule has 0 unspecified atom stereocenters. The number of amides is 1. The average Bonchev–Trinajstić information content (AvgIpc) is 3.07. The van der Waals surface area contributed by atoms with E-state index in [-0.39, 0.29) is 16.4 Å². The predicted molar refractivity (Wildman–Crippen MR) is 93.2 cm³/mol. The molecule has 144 valence electrons. The van der Waals surface area contributed by atoms with Crippen molar-refractivity contribution in [1.82, 2.24) is 10.2 Å². The van der Waals surface area contributed by atoms with Gasteiger partial charge in [0.1, 0.15) is 5.01 Å². The maximum Gasteiger partial charge on any atom is 0.387 e. The van der Waals surface area contributed by atoms with Gasteiger partial charge in [0, 0.05) is 6.08 Å². The molecular formula is C15H14F2N4O5S. The third-order valence-corrected chi connectivity index (χ3v) is 4.12. The highest BCUT2D eigenvalue weighted by Crippen LogP contribution is 2.36. The molecule has 0 saturated carbocycles. The van der Waals surface area contributed by atoms with E-state index in [0.717, 1.165) is 29.3 Å². The Labute approximate surface area is 155 Å². The topological polar surface area (TPSA) is 116 Å². The summed E-state index contributed by atoms with van der Waals surface area (Å²) in [7, 11) is 1.19. The monoisotopic (exact) mass is 400 g/mol. The van der Waals surface area contributed by atoms with Crippen LogP contribution in [0.1, 0.15) is 17.5 Å². The van der Waals surface area contributed by atoms with E-state index in [4.69, 9.17) is 4.74 Å². The highest BCUT2D eigenvalue weighted by atomic mass is 32.1. The van der Waals surface area contributed by atoms with Gasteiger partial charge in [0.05, 0.1) is 23.7 Å². The molecule has 1 amide bonds. The number of hydrogen-bond donors (Lipinski definition) is 1. The quantitative estimate of drug-likeness (QED) is 0.411. The summed E-state index contributed by atoms with van der Waals surface area (Å²) in [6.45, 7) is -1.29. The summed E-state index contributed by atoms with van der Waals surface area (Å²) in [6, 6.07) is 1.93. The van der Waals surface area contributed by atoms with E-state index in [0.29, 0.717) is 6.42 Å². The molecule has 12 heteroatoms. The molecule has 0 aliphatic heterocycles. The molecule has 0 aliphatic carbocycles. The molecular weight excluding hydrogens is 386 g/mol. The number of methoxy groups -OCH3 is 1. The normalized spacial score (nSPS) is 11.0. The van der Waals surface area contributed by atoms with Crippen molar-refractivity contribution < 1.29 is 28.0 Å². The molecule has 1 aromatic carbocycles. The van der Waals surface area contributed by atoms with Crippen LogP contribution in [0.25, 0.3) is 6.08 Å². The zero-order chi connectivity index (χ0) is 20.0. The molecule has 9 nitrogen and oxygen atoms in total. The number of carbonyl (C=O) groups is 1. The number of nitro groups is 1. The number of nitrogens with zero attached hydrogens (tertiary/aromatic N) is 3. The molecule has 1 aromatic heterocycles. The van der Waals surface area contributed by atoms with Crippen LogP contribution in [0.5, 0.6) is 11.5 Å². The Morgan fingerprint density at radius 1 is 1.41 bits per heavy atom. The van der Waals surface area contributed by atoms with Crippen molar-refractivity contribution in [3.05, 3.63) is 38.9 Å². The summed E-state index contributed by atoms with van der Waals surface area (Å²) < 4.78 is 34.0. The van der Waals surface area contributed by atoms with Crippen molar-refractivity contribution >= 4 is 34.1 Å². The highest BCUT2D eigenvalue weighted by Gasteiger charge is 2.20. The number of rotatable bonds is 8. The largest absolute Gasteiger partial charge is 0.493 e. The highest BCUT2D eigenvalue weighted by molar-refractivity contribution is 7.15. The number of halogens is 2. The maximum absolute atomic E-state index is 12.4. The number of aromatic nitrogens is 2. The number of nitro benzene ring substituents is 1. The van der Waals surface area contributed by atoms with Crippen molar-refractivity contribution in [1.29, 1.82) is 0 Å². The van der Waals surface area contributed by atoms with Crippen LogP contribution in [0.4, 0.5) is 19.6 Å². The second-order valence-corrected chi connectivity index (χ2v) is 5.94. The zero-order valence-corrected chi connectivity index (χ0v) is 15.0. The minimum absolute atomic E-state index is 0.0277. The van der Waals surface area contributed by atoms with E-state index in [1.165, 1.54) is 18.4 Å². The van der Waals surface area contributed by atoms with Gasteiger partial charge in [-0.05, 0) is 18.6 Å². The lowest BCUT2D eigenvalue weighted by atomic mass is 10.1. The van der Waals surface area contributed by atoms with Crippen LogP contribution in [-0.4, -0.2) is 34.7 Å².